The summed E-state index contributed by atoms with van der Waals surface area (Å²) in [7, 11) is -4.36. The number of rotatable bonds is 2. The van der Waals surface area contributed by atoms with Crippen LogP contribution in [0.1, 0.15) is 71.6 Å². The summed E-state index contributed by atoms with van der Waals surface area (Å²) >= 11 is 0. The van der Waals surface area contributed by atoms with Gasteiger partial charge in [0.1, 0.15) is 0 Å². The van der Waals surface area contributed by atoms with E-state index in [0.717, 1.165) is 38.5 Å². The molecule has 5 nitrogen and oxygen atoms in total. The average molecular weight is 373 g/mol. The first kappa shape index (κ1) is 18.2. The molecule has 144 valence electrons. The van der Waals surface area contributed by atoms with E-state index in [2.05, 4.69) is 13.8 Å². The minimum Gasteiger partial charge on any atom is -0.393 e. The van der Waals surface area contributed by atoms with Crippen LogP contribution in [0.4, 0.5) is 0 Å². The first-order valence-electron chi connectivity index (χ1n) is 9.97. The fourth-order valence-electron chi connectivity index (χ4n) is 7.45. The fraction of sp³-hybridized carbons (Fsp3) is 1.00. The third kappa shape index (κ3) is 2.88. The van der Waals surface area contributed by atoms with Crippen molar-refractivity contribution in [1.29, 1.82) is 0 Å². The summed E-state index contributed by atoms with van der Waals surface area (Å²) in [6, 6.07) is 0. The summed E-state index contributed by atoms with van der Waals surface area (Å²) in [4.78, 5) is 0. The van der Waals surface area contributed by atoms with Gasteiger partial charge in [0.15, 0.2) is 0 Å². The summed E-state index contributed by atoms with van der Waals surface area (Å²) in [5.41, 5.74) is 0.354. The molecule has 0 aromatic heterocycles. The van der Waals surface area contributed by atoms with E-state index in [1.807, 2.05) is 0 Å². The van der Waals surface area contributed by atoms with Crippen LogP contribution in [0, 0.1) is 34.5 Å². The Labute approximate surface area is 151 Å². The van der Waals surface area contributed by atoms with Crippen LogP contribution in [0.25, 0.3) is 0 Å². The molecule has 4 aliphatic carbocycles. The molecule has 0 unspecified atom stereocenters. The molecule has 8 atom stereocenters. The van der Waals surface area contributed by atoms with Crippen molar-refractivity contribution < 1.29 is 22.3 Å². The van der Waals surface area contributed by atoms with Crippen molar-refractivity contribution in [2.75, 3.05) is 0 Å². The van der Waals surface area contributed by atoms with Crippen LogP contribution in [0.2, 0.25) is 0 Å². The molecule has 6 heteroatoms. The minimum absolute atomic E-state index is 0.107. The second-order valence-corrected chi connectivity index (χ2v) is 10.8. The Balaban J connectivity index is 1.53. The van der Waals surface area contributed by atoms with E-state index in [1.54, 1.807) is 0 Å². The van der Waals surface area contributed by atoms with Crippen molar-refractivity contribution in [2.45, 2.75) is 83.8 Å². The predicted molar refractivity (Wildman–Crippen MR) is 94.2 cm³/mol. The molecule has 4 fully saturated rings. The molecule has 0 aromatic rings. The van der Waals surface area contributed by atoms with Gasteiger partial charge in [0, 0.05) is 0 Å². The predicted octanol–water partition coefficient (Wildman–Crippen LogP) is 3.58. The lowest BCUT2D eigenvalue weighted by molar-refractivity contribution is -0.131. The summed E-state index contributed by atoms with van der Waals surface area (Å²) < 4.78 is 36.0. The first-order chi connectivity index (χ1) is 11.6. The molecule has 0 radical (unpaired) electrons. The van der Waals surface area contributed by atoms with E-state index >= 15 is 0 Å². The van der Waals surface area contributed by atoms with Crippen LogP contribution in [0.5, 0.6) is 0 Å². The zero-order valence-electron chi connectivity index (χ0n) is 15.4. The smallest absolute Gasteiger partial charge is 0.393 e. The molecule has 0 bridgehead atoms. The Bertz CT molecular complexity index is 634. The zero-order valence-corrected chi connectivity index (χ0v) is 16.2. The molecule has 2 N–H and O–H groups in total. The van der Waals surface area contributed by atoms with Gasteiger partial charge in [-0.15, -0.1) is 0 Å². The number of hydrogen-bond donors (Lipinski definition) is 2. The van der Waals surface area contributed by atoms with Gasteiger partial charge >= 0.3 is 10.4 Å². The molecule has 0 aliphatic heterocycles. The lowest BCUT2D eigenvalue weighted by Crippen LogP contribution is -2.54. The van der Waals surface area contributed by atoms with Crippen LogP contribution in [-0.4, -0.2) is 30.3 Å². The highest BCUT2D eigenvalue weighted by atomic mass is 32.3. The zero-order chi connectivity index (χ0) is 18.0. The Morgan fingerprint density at radius 3 is 2.32 bits per heavy atom. The van der Waals surface area contributed by atoms with Gasteiger partial charge in [-0.3, -0.25) is 4.55 Å². The summed E-state index contributed by atoms with van der Waals surface area (Å²) in [6.45, 7) is 4.71. The van der Waals surface area contributed by atoms with E-state index in [9.17, 15) is 13.5 Å². The molecule has 4 saturated carbocycles. The van der Waals surface area contributed by atoms with E-state index in [0.29, 0.717) is 30.1 Å². The molecule has 0 amide bonds. The molecular formula is C19H32O5S. The van der Waals surface area contributed by atoms with Crippen LogP contribution >= 0.6 is 0 Å². The van der Waals surface area contributed by atoms with Crippen molar-refractivity contribution >= 4 is 10.4 Å². The maximum atomic E-state index is 11.1. The average Bonchev–Trinajstić information content (AvgIpc) is 2.82. The van der Waals surface area contributed by atoms with Crippen LogP contribution in [-0.2, 0) is 14.6 Å². The third-order valence-electron chi connectivity index (χ3n) is 8.83. The highest BCUT2D eigenvalue weighted by Crippen LogP contribution is 2.66. The van der Waals surface area contributed by atoms with Crippen LogP contribution in [0.15, 0.2) is 0 Å². The molecule has 4 rings (SSSR count). The van der Waals surface area contributed by atoms with Gasteiger partial charge in [0.05, 0.1) is 12.2 Å². The van der Waals surface area contributed by atoms with Gasteiger partial charge in [0.25, 0.3) is 0 Å². The normalized spacial score (nSPS) is 53.0. The van der Waals surface area contributed by atoms with Crippen molar-refractivity contribution in [3.63, 3.8) is 0 Å². The second-order valence-electron chi connectivity index (χ2n) is 9.71. The van der Waals surface area contributed by atoms with E-state index in [4.69, 9.17) is 8.74 Å². The lowest BCUT2D eigenvalue weighted by atomic mass is 9.45. The highest BCUT2D eigenvalue weighted by molar-refractivity contribution is 7.80. The highest BCUT2D eigenvalue weighted by Gasteiger charge is 2.60. The largest absolute Gasteiger partial charge is 0.397 e. The summed E-state index contributed by atoms with van der Waals surface area (Å²) in [5, 5.41) is 10.5. The van der Waals surface area contributed by atoms with Gasteiger partial charge in [-0.2, -0.15) is 8.42 Å². The fourth-order valence-corrected chi connectivity index (χ4v) is 7.97. The Morgan fingerprint density at radius 1 is 0.920 bits per heavy atom. The van der Waals surface area contributed by atoms with E-state index in [-0.39, 0.29) is 23.0 Å². The van der Waals surface area contributed by atoms with E-state index < -0.39 is 10.4 Å². The van der Waals surface area contributed by atoms with Gasteiger partial charge in [-0.25, -0.2) is 4.18 Å². The van der Waals surface area contributed by atoms with E-state index in [1.165, 1.54) is 12.8 Å². The van der Waals surface area contributed by atoms with Gasteiger partial charge in [-0.1, -0.05) is 13.8 Å². The monoisotopic (exact) mass is 372 g/mol. The molecule has 25 heavy (non-hydrogen) atoms. The van der Waals surface area contributed by atoms with Crippen molar-refractivity contribution in [1.82, 2.24) is 0 Å². The van der Waals surface area contributed by atoms with Crippen molar-refractivity contribution in [2.24, 2.45) is 34.5 Å². The number of fused-ring (bicyclic) bond motifs is 5. The van der Waals surface area contributed by atoms with Crippen molar-refractivity contribution in [3.05, 3.63) is 0 Å². The number of aliphatic hydroxyl groups is 1. The quantitative estimate of drug-likeness (QED) is 0.724. The summed E-state index contributed by atoms with van der Waals surface area (Å²) in [5.74, 6) is 2.51. The van der Waals surface area contributed by atoms with Crippen LogP contribution in [0.3, 0.4) is 0 Å². The Kier molecular flexibility index (Phi) is 4.31. The Hall–Kier alpha value is -0.170. The molecule has 0 spiro atoms. The van der Waals surface area contributed by atoms with Gasteiger partial charge in [-0.05, 0) is 92.3 Å². The third-order valence-corrected chi connectivity index (χ3v) is 9.34. The van der Waals surface area contributed by atoms with Gasteiger partial charge < -0.3 is 5.11 Å². The topological polar surface area (TPSA) is 83.8 Å². The molecular weight excluding hydrogens is 340 g/mol. The second kappa shape index (κ2) is 5.91. The van der Waals surface area contributed by atoms with Gasteiger partial charge in [0.2, 0.25) is 0 Å². The first-order valence-corrected chi connectivity index (χ1v) is 11.3. The molecule has 4 aliphatic rings. The SMILES string of the molecule is C[C@]12CC[C@@H](OS(=O)(=O)O)C[C@@H]1CC[C@@H]1[C@@H]2CC[C@]2(C)[C@@H](O)CC[C@@H]12. The maximum absolute atomic E-state index is 11.1. The number of aliphatic hydroxyl groups excluding tert-OH is 1. The molecule has 0 heterocycles. The van der Waals surface area contributed by atoms with Crippen molar-refractivity contribution in [3.8, 4) is 0 Å². The Morgan fingerprint density at radius 2 is 1.60 bits per heavy atom. The minimum atomic E-state index is -4.36. The molecule has 0 aromatic carbocycles. The summed E-state index contributed by atoms with van der Waals surface area (Å²) in [6.07, 6.45) is 8.65. The molecule has 0 saturated heterocycles. The lowest BCUT2D eigenvalue weighted by Gasteiger charge is -2.60. The standard InChI is InChI=1S/C19H32O5S/c1-18-9-7-13(24-25(21,22)23)11-12(18)3-4-14-15-5-6-17(20)19(15,2)10-8-16(14)18/h12-17,20H,3-11H2,1-2H3,(H,21,22,23)/t12-,13+,14-,15-,16-,17-,18-,19-/m0/s1. The number of hydrogen-bond acceptors (Lipinski definition) is 4. The maximum Gasteiger partial charge on any atom is 0.397 e. The van der Waals surface area contributed by atoms with Crippen LogP contribution < -0.4 is 0 Å².